The number of imidazole rings is 1. The molecule has 0 amide bonds. The SMILES string of the molecule is CCOc1c(CNCCc2nc3ccccc3[nH]2)cc(Br)cc1OC. The van der Waals surface area contributed by atoms with Crippen molar-refractivity contribution in [2.24, 2.45) is 0 Å². The molecule has 0 aliphatic heterocycles. The van der Waals surface area contributed by atoms with Crippen molar-refractivity contribution < 1.29 is 9.47 Å². The number of rotatable bonds is 8. The summed E-state index contributed by atoms with van der Waals surface area (Å²) in [6, 6.07) is 12.1. The lowest BCUT2D eigenvalue weighted by Crippen LogP contribution is -2.18. The summed E-state index contributed by atoms with van der Waals surface area (Å²) in [5, 5.41) is 3.46. The summed E-state index contributed by atoms with van der Waals surface area (Å²) in [5.74, 6) is 2.53. The van der Waals surface area contributed by atoms with Gasteiger partial charge in [-0.3, -0.25) is 0 Å². The molecule has 0 radical (unpaired) electrons. The van der Waals surface area contributed by atoms with E-state index in [-0.39, 0.29) is 0 Å². The topological polar surface area (TPSA) is 59.2 Å². The number of fused-ring (bicyclic) bond motifs is 1. The number of methoxy groups -OCH3 is 1. The molecule has 2 N–H and O–H groups in total. The third-order valence-electron chi connectivity index (χ3n) is 3.90. The van der Waals surface area contributed by atoms with Crippen LogP contribution in [0.4, 0.5) is 0 Å². The molecule has 0 aliphatic rings. The number of nitrogens with zero attached hydrogens (tertiary/aromatic N) is 1. The highest BCUT2D eigenvalue weighted by molar-refractivity contribution is 9.10. The van der Waals surface area contributed by atoms with Gasteiger partial charge in [-0.1, -0.05) is 28.1 Å². The summed E-state index contributed by atoms with van der Waals surface area (Å²) in [6.07, 6.45) is 0.837. The quantitative estimate of drug-likeness (QED) is 0.556. The summed E-state index contributed by atoms with van der Waals surface area (Å²) >= 11 is 3.53. The minimum atomic E-state index is 0.601. The first-order chi connectivity index (χ1) is 12.2. The molecular formula is C19H22BrN3O2. The van der Waals surface area contributed by atoms with Gasteiger partial charge in [0, 0.05) is 29.5 Å². The molecule has 0 unspecified atom stereocenters. The second-order valence-corrected chi connectivity index (χ2v) is 6.57. The number of halogens is 1. The van der Waals surface area contributed by atoms with E-state index in [4.69, 9.17) is 9.47 Å². The molecule has 2 aromatic carbocycles. The number of aromatic nitrogens is 2. The molecule has 1 heterocycles. The molecular weight excluding hydrogens is 382 g/mol. The van der Waals surface area contributed by atoms with Crippen LogP contribution >= 0.6 is 15.9 Å². The number of benzene rings is 2. The molecule has 0 bridgehead atoms. The first-order valence-corrected chi connectivity index (χ1v) is 9.14. The van der Waals surface area contributed by atoms with Crippen LogP contribution in [0.5, 0.6) is 11.5 Å². The van der Waals surface area contributed by atoms with Gasteiger partial charge in [0.2, 0.25) is 0 Å². The van der Waals surface area contributed by atoms with Gasteiger partial charge in [-0.2, -0.15) is 0 Å². The van der Waals surface area contributed by atoms with Crippen molar-refractivity contribution in [3.63, 3.8) is 0 Å². The van der Waals surface area contributed by atoms with Crippen LogP contribution in [0.1, 0.15) is 18.3 Å². The smallest absolute Gasteiger partial charge is 0.165 e. The summed E-state index contributed by atoms with van der Waals surface area (Å²) < 4.78 is 12.2. The second kappa shape index (κ2) is 8.36. The highest BCUT2D eigenvalue weighted by atomic mass is 79.9. The van der Waals surface area contributed by atoms with E-state index in [9.17, 15) is 0 Å². The number of ether oxygens (including phenoxy) is 2. The Morgan fingerprint density at radius 1 is 1.24 bits per heavy atom. The van der Waals surface area contributed by atoms with Gasteiger partial charge in [-0.05, 0) is 31.2 Å². The molecule has 3 rings (SSSR count). The first-order valence-electron chi connectivity index (χ1n) is 8.34. The zero-order valence-electron chi connectivity index (χ0n) is 14.4. The number of nitrogens with one attached hydrogen (secondary N) is 2. The Labute approximate surface area is 155 Å². The normalized spacial score (nSPS) is 11.0. The maximum absolute atomic E-state index is 5.76. The highest BCUT2D eigenvalue weighted by Gasteiger charge is 2.12. The molecule has 6 heteroatoms. The van der Waals surface area contributed by atoms with E-state index in [0.29, 0.717) is 13.2 Å². The van der Waals surface area contributed by atoms with Crippen LogP contribution in [0.15, 0.2) is 40.9 Å². The van der Waals surface area contributed by atoms with Crippen LogP contribution < -0.4 is 14.8 Å². The Bertz CT molecular complexity index is 815. The largest absolute Gasteiger partial charge is 0.493 e. The van der Waals surface area contributed by atoms with Gasteiger partial charge >= 0.3 is 0 Å². The van der Waals surface area contributed by atoms with Crippen molar-refractivity contribution in [1.29, 1.82) is 0 Å². The van der Waals surface area contributed by atoms with Crippen molar-refractivity contribution in [2.75, 3.05) is 20.3 Å². The minimum absolute atomic E-state index is 0.601. The maximum Gasteiger partial charge on any atom is 0.165 e. The molecule has 1 aromatic heterocycles. The van der Waals surface area contributed by atoms with Gasteiger partial charge < -0.3 is 19.8 Å². The Kier molecular flexibility index (Phi) is 5.94. The van der Waals surface area contributed by atoms with Crippen molar-refractivity contribution in [1.82, 2.24) is 15.3 Å². The Morgan fingerprint density at radius 3 is 2.84 bits per heavy atom. The van der Waals surface area contributed by atoms with Crippen molar-refractivity contribution in [2.45, 2.75) is 19.9 Å². The van der Waals surface area contributed by atoms with Gasteiger partial charge in [-0.15, -0.1) is 0 Å². The third-order valence-corrected chi connectivity index (χ3v) is 4.36. The highest BCUT2D eigenvalue weighted by Crippen LogP contribution is 2.34. The van der Waals surface area contributed by atoms with E-state index in [1.54, 1.807) is 7.11 Å². The second-order valence-electron chi connectivity index (χ2n) is 5.66. The molecule has 0 spiro atoms. The molecule has 25 heavy (non-hydrogen) atoms. The van der Waals surface area contributed by atoms with Crippen LogP contribution in [0.2, 0.25) is 0 Å². The van der Waals surface area contributed by atoms with Crippen LogP contribution in [-0.4, -0.2) is 30.2 Å². The molecule has 132 valence electrons. The average Bonchev–Trinajstić information content (AvgIpc) is 3.03. The summed E-state index contributed by atoms with van der Waals surface area (Å²) in [4.78, 5) is 7.95. The number of para-hydroxylation sites is 2. The lowest BCUT2D eigenvalue weighted by Gasteiger charge is -2.15. The fourth-order valence-corrected chi connectivity index (χ4v) is 3.25. The van der Waals surface area contributed by atoms with Crippen LogP contribution in [-0.2, 0) is 13.0 Å². The van der Waals surface area contributed by atoms with E-state index >= 15 is 0 Å². The van der Waals surface area contributed by atoms with E-state index in [2.05, 4.69) is 37.3 Å². The lowest BCUT2D eigenvalue weighted by atomic mass is 10.2. The Morgan fingerprint density at radius 2 is 2.08 bits per heavy atom. The summed E-state index contributed by atoms with van der Waals surface area (Å²) in [7, 11) is 1.66. The minimum Gasteiger partial charge on any atom is -0.493 e. The third kappa shape index (κ3) is 4.32. The predicted octanol–water partition coefficient (Wildman–Crippen LogP) is 4.07. The van der Waals surface area contributed by atoms with E-state index in [1.165, 1.54) is 0 Å². The van der Waals surface area contributed by atoms with Crippen molar-refractivity contribution >= 4 is 27.0 Å². The van der Waals surface area contributed by atoms with E-state index < -0.39 is 0 Å². The Hall–Kier alpha value is -2.05. The van der Waals surface area contributed by atoms with Crippen LogP contribution in [0.25, 0.3) is 11.0 Å². The number of hydrogen-bond acceptors (Lipinski definition) is 4. The number of H-pyrrole nitrogens is 1. The maximum atomic E-state index is 5.76. The predicted molar refractivity (Wildman–Crippen MR) is 103 cm³/mol. The molecule has 0 fully saturated rings. The standard InChI is InChI=1S/C19H22BrN3O2/c1-3-25-19-13(10-14(20)11-17(19)24-2)12-21-9-8-18-22-15-6-4-5-7-16(15)23-18/h4-7,10-11,21H,3,8-9,12H2,1-2H3,(H,22,23). The fourth-order valence-electron chi connectivity index (χ4n) is 2.77. The van der Waals surface area contributed by atoms with Gasteiger partial charge in [0.05, 0.1) is 24.8 Å². The first kappa shape index (κ1) is 17.8. The van der Waals surface area contributed by atoms with Crippen LogP contribution in [0.3, 0.4) is 0 Å². The van der Waals surface area contributed by atoms with Crippen LogP contribution in [0, 0.1) is 0 Å². The zero-order valence-corrected chi connectivity index (χ0v) is 16.0. The van der Waals surface area contributed by atoms with Crippen molar-refractivity contribution in [3.05, 3.63) is 52.3 Å². The van der Waals surface area contributed by atoms with Gasteiger partial charge in [0.1, 0.15) is 5.82 Å². The van der Waals surface area contributed by atoms with E-state index in [0.717, 1.165) is 51.4 Å². The van der Waals surface area contributed by atoms with Gasteiger partial charge in [0.15, 0.2) is 11.5 Å². The molecule has 5 nitrogen and oxygen atoms in total. The Balaban J connectivity index is 1.62. The van der Waals surface area contributed by atoms with E-state index in [1.807, 2.05) is 37.3 Å². The number of aromatic amines is 1. The lowest BCUT2D eigenvalue weighted by molar-refractivity contribution is 0.306. The molecule has 0 saturated heterocycles. The monoisotopic (exact) mass is 403 g/mol. The summed E-state index contributed by atoms with van der Waals surface area (Å²) in [6.45, 7) is 4.09. The molecule has 0 aliphatic carbocycles. The molecule has 0 atom stereocenters. The number of hydrogen-bond donors (Lipinski definition) is 2. The van der Waals surface area contributed by atoms with Gasteiger partial charge in [-0.25, -0.2) is 4.98 Å². The molecule has 0 saturated carbocycles. The fraction of sp³-hybridized carbons (Fsp3) is 0.316. The summed E-state index contributed by atoms with van der Waals surface area (Å²) in [5.41, 5.74) is 3.15. The van der Waals surface area contributed by atoms with Gasteiger partial charge in [0.25, 0.3) is 0 Å². The average molecular weight is 404 g/mol. The molecule has 3 aromatic rings. The van der Waals surface area contributed by atoms with Crippen molar-refractivity contribution in [3.8, 4) is 11.5 Å². The zero-order chi connectivity index (χ0) is 17.6.